The van der Waals surface area contributed by atoms with Gasteiger partial charge in [-0.1, -0.05) is 0 Å². The highest BCUT2D eigenvalue weighted by Gasteiger charge is 2.65. The maximum Gasteiger partial charge on any atom is 0.220 e. The highest BCUT2D eigenvalue weighted by molar-refractivity contribution is 7.98. The van der Waals surface area contributed by atoms with Crippen LogP contribution in [0, 0.1) is 11.3 Å². The van der Waals surface area contributed by atoms with Crippen molar-refractivity contribution >= 4 is 34.0 Å². The topological polar surface area (TPSA) is 86.5 Å². The number of nitrogens with zero attached hydrogens (tertiary/aromatic N) is 3. The molecule has 138 valence electrons. The van der Waals surface area contributed by atoms with Crippen LogP contribution in [0.1, 0.15) is 18.7 Å². The molecule has 7 nitrogen and oxygen atoms in total. The lowest BCUT2D eigenvalue weighted by Crippen LogP contribution is -2.39. The number of hydrogen-bond donors (Lipinski definition) is 0. The van der Waals surface area contributed by atoms with Crippen LogP contribution < -0.4 is 0 Å². The molecule has 2 fully saturated rings. The SMILES string of the molecule is COC[C@H]1O[C@@](C#N)(c2scc3c(SC)ncnc23)[C@@H]2OC(C)(C)O[C@@H]21. The Kier molecular flexibility index (Phi) is 4.46. The maximum atomic E-state index is 10.2. The summed E-state index contributed by atoms with van der Waals surface area (Å²) in [4.78, 5) is 9.47. The Balaban J connectivity index is 1.87. The van der Waals surface area contributed by atoms with Crippen molar-refractivity contribution in [3.05, 3.63) is 16.6 Å². The van der Waals surface area contributed by atoms with E-state index in [1.54, 1.807) is 18.9 Å². The van der Waals surface area contributed by atoms with Crippen LogP contribution in [0.4, 0.5) is 0 Å². The molecule has 0 spiro atoms. The normalized spacial score (nSPS) is 32.7. The number of fused-ring (bicyclic) bond motifs is 2. The lowest BCUT2D eigenvalue weighted by molar-refractivity contribution is -0.204. The van der Waals surface area contributed by atoms with Gasteiger partial charge in [0.1, 0.15) is 35.7 Å². The highest BCUT2D eigenvalue weighted by Crippen LogP contribution is 2.52. The first kappa shape index (κ1) is 18.1. The number of thiophene rings is 1. The lowest BCUT2D eigenvalue weighted by Gasteiger charge is -2.28. The lowest BCUT2D eigenvalue weighted by atomic mass is 9.93. The first-order valence-corrected chi connectivity index (χ1v) is 10.3. The van der Waals surface area contributed by atoms with Gasteiger partial charge in [-0.05, 0) is 20.1 Å². The summed E-state index contributed by atoms with van der Waals surface area (Å²) in [6.45, 7) is 4.01. The van der Waals surface area contributed by atoms with E-state index in [4.69, 9.17) is 18.9 Å². The van der Waals surface area contributed by atoms with Gasteiger partial charge in [-0.3, -0.25) is 0 Å². The van der Waals surface area contributed by atoms with E-state index in [-0.39, 0.29) is 6.10 Å². The van der Waals surface area contributed by atoms with E-state index in [2.05, 4.69) is 16.0 Å². The predicted molar refractivity (Wildman–Crippen MR) is 97.1 cm³/mol. The molecule has 2 aliphatic heterocycles. The van der Waals surface area contributed by atoms with Crippen molar-refractivity contribution in [1.29, 1.82) is 5.26 Å². The monoisotopic (exact) mass is 393 g/mol. The summed E-state index contributed by atoms with van der Waals surface area (Å²) in [6, 6.07) is 2.37. The Morgan fingerprint density at radius 1 is 1.35 bits per heavy atom. The van der Waals surface area contributed by atoms with Crippen molar-refractivity contribution in [3.8, 4) is 6.07 Å². The molecule has 4 heterocycles. The predicted octanol–water partition coefficient (Wildman–Crippen LogP) is 2.70. The second kappa shape index (κ2) is 6.41. The van der Waals surface area contributed by atoms with E-state index in [1.165, 1.54) is 17.7 Å². The van der Waals surface area contributed by atoms with Crippen molar-refractivity contribution in [2.24, 2.45) is 0 Å². The van der Waals surface area contributed by atoms with E-state index in [0.29, 0.717) is 6.61 Å². The summed E-state index contributed by atoms with van der Waals surface area (Å²) in [7, 11) is 1.60. The minimum Gasteiger partial charge on any atom is -0.382 e. The molecule has 26 heavy (non-hydrogen) atoms. The first-order chi connectivity index (χ1) is 12.5. The van der Waals surface area contributed by atoms with E-state index in [1.807, 2.05) is 25.5 Å². The third-order valence-electron chi connectivity index (χ3n) is 4.62. The third kappa shape index (κ3) is 2.56. The summed E-state index contributed by atoms with van der Waals surface area (Å²) in [5.74, 6) is -0.792. The van der Waals surface area contributed by atoms with Crippen LogP contribution in [0.2, 0.25) is 0 Å². The van der Waals surface area contributed by atoms with Gasteiger partial charge < -0.3 is 18.9 Å². The third-order valence-corrected chi connectivity index (χ3v) is 6.42. The molecule has 0 N–H and O–H groups in total. The fraction of sp³-hybridized carbons (Fsp3) is 0.588. The molecular formula is C17H19N3O4S2. The van der Waals surface area contributed by atoms with Gasteiger partial charge >= 0.3 is 0 Å². The van der Waals surface area contributed by atoms with Gasteiger partial charge in [0.05, 0.1) is 17.0 Å². The Bertz CT molecular complexity index is 881. The Morgan fingerprint density at radius 3 is 2.85 bits per heavy atom. The zero-order valence-electron chi connectivity index (χ0n) is 14.9. The first-order valence-electron chi connectivity index (χ1n) is 8.16. The van der Waals surface area contributed by atoms with Crippen molar-refractivity contribution in [2.45, 2.75) is 48.6 Å². The van der Waals surface area contributed by atoms with Gasteiger partial charge in [0.15, 0.2) is 5.79 Å². The van der Waals surface area contributed by atoms with Gasteiger partial charge in [-0.25, -0.2) is 9.97 Å². The number of aromatic nitrogens is 2. The number of methoxy groups -OCH3 is 1. The zero-order chi connectivity index (χ0) is 18.5. The van der Waals surface area contributed by atoms with Gasteiger partial charge in [-0.15, -0.1) is 23.1 Å². The van der Waals surface area contributed by atoms with Crippen LogP contribution in [0.15, 0.2) is 16.7 Å². The highest BCUT2D eigenvalue weighted by atomic mass is 32.2. The molecule has 0 bridgehead atoms. The minimum absolute atomic E-state index is 0.318. The summed E-state index contributed by atoms with van der Waals surface area (Å²) in [6.07, 6.45) is 2.14. The fourth-order valence-electron chi connectivity index (χ4n) is 3.63. The molecule has 0 aromatic carbocycles. The quantitative estimate of drug-likeness (QED) is 0.579. The van der Waals surface area contributed by atoms with Gasteiger partial charge in [-0.2, -0.15) is 5.26 Å². The number of rotatable bonds is 4. The van der Waals surface area contributed by atoms with Crippen LogP contribution in [0.5, 0.6) is 0 Å². The molecule has 4 atom stereocenters. The van der Waals surface area contributed by atoms with Crippen LogP contribution in [-0.4, -0.2) is 54.0 Å². The number of hydrogen-bond acceptors (Lipinski definition) is 9. The molecular weight excluding hydrogens is 374 g/mol. The smallest absolute Gasteiger partial charge is 0.220 e. The molecule has 2 saturated heterocycles. The molecule has 9 heteroatoms. The van der Waals surface area contributed by atoms with Crippen LogP contribution in [-0.2, 0) is 24.5 Å². The second-order valence-corrected chi connectivity index (χ2v) is 8.36. The number of thioether (sulfide) groups is 1. The van der Waals surface area contributed by atoms with Crippen molar-refractivity contribution in [2.75, 3.05) is 20.0 Å². The Morgan fingerprint density at radius 2 is 2.15 bits per heavy atom. The average molecular weight is 393 g/mol. The minimum atomic E-state index is -1.29. The van der Waals surface area contributed by atoms with Gasteiger partial charge in [0.2, 0.25) is 5.60 Å². The summed E-state index contributed by atoms with van der Waals surface area (Å²) in [5.41, 5.74) is -0.570. The molecule has 0 saturated carbocycles. The standard InChI is InChI=1S/C17H19N3O4S2/c1-16(2)23-12-10(5-21-3)22-17(7-18,13(12)24-16)14-11-9(6-26-14)15(25-4)20-8-19-11/h6,8,10,12-13H,5H2,1-4H3/t10-,12-,13-,17-/m1/s1. The Labute approximate surface area is 159 Å². The van der Waals surface area contributed by atoms with Gasteiger partial charge in [0.25, 0.3) is 0 Å². The van der Waals surface area contributed by atoms with E-state index >= 15 is 0 Å². The fourth-order valence-corrected chi connectivity index (χ4v) is 5.35. The maximum absolute atomic E-state index is 10.2. The molecule has 0 unspecified atom stereocenters. The molecule has 2 aromatic heterocycles. The second-order valence-electron chi connectivity index (χ2n) is 6.69. The van der Waals surface area contributed by atoms with Crippen LogP contribution in [0.3, 0.4) is 0 Å². The molecule has 0 radical (unpaired) electrons. The summed E-state index contributed by atoms with van der Waals surface area (Å²) >= 11 is 2.99. The molecule has 0 amide bonds. The number of ether oxygens (including phenoxy) is 4. The molecule has 2 aromatic rings. The van der Waals surface area contributed by atoms with Crippen molar-refractivity contribution < 1.29 is 18.9 Å². The molecule has 4 rings (SSSR count). The zero-order valence-corrected chi connectivity index (χ0v) is 16.5. The van der Waals surface area contributed by atoms with E-state index < -0.39 is 23.6 Å². The van der Waals surface area contributed by atoms with Crippen LogP contribution in [0.25, 0.3) is 10.9 Å². The average Bonchev–Trinajstić information content (AvgIpc) is 3.26. The van der Waals surface area contributed by atoms with Gasteiger partial charge in [0, 0.05) is 17.9 Å². The van der Waals surface area contributed by atoms with E-state index in [0.717, 1.165) is 20.8 Å². The van der Waals surface area contributed by atoms with Crippen LogP contribution >= 0.6 is 23.1 Å². The molecule has 2 aliphatic rings. The van der Waals surface area contributed by atoms with Crippen molar-refractivity contribution in [1.82, 2.24) is 9.97 Å². The van der Waals surface area contributed by atoms with Crippen molar-refractivity contribution in [3.63, 3.8) is 0 Å². The Hall–Kier alpha value is -1.28. The number of nitriles is 1. The largest absolute Gasteiger partial charge is 0.382 e. The summed E-state index contributed by atoms with van der Waals surface area (Å²) in [5, 5.41) is 13.9. The van der Waals surface area contributed by atoms with E-state index in [9.17, 15) is 5.26 Å². The summed E-state index contributed by atoms with van der Waals surface area (Å²) < 4.78 is 23.7. The molecule has 0 aliphatic carbocycles.